The van der Waals surface area contributed by atoms with Gasteiger partial charge in [-0.3, -0.25) is 0 Å². The van der Waals surface area contributed by atoms with Crippen LogP contribution >= 0.6 is 31.9 Å². The minimum Gasteiger partial charge on any atom is -0.479 e. The van der Waals surface area contributed by atoms with E-state index in [1.807, 2.05) is 0 Å². The maximum atomic E-state index is 13.6. The average molecular weight is 403 g/mol. The van der Waals surface area contributed by atoms with Gasteiger partial charge in [0.15, 0.2) is 6.04 Å². The van der Waals surface area contributed by atoms with Crippen LogP contribution in [0.25, 0.3) is 0 Å². The van der Waals surface area contributed by atoms with Crippen LogP contribution in [0, 0.1) is 5.82 Å². The Hall–Kier alpha value is -1.40. The van der Waals surface area contributed by atoms with Crippen molar-refractivity contribution >= 4 is 43.5 Å². The van der Waals surface area contributed by atoms with E-state index in [1.54, 1.807) is 30.3 Å². The zero-order valence-electron chi connectivity index (χ0n) is 10.1. The maximum absolute atomic E-state index is 13.6. The number of hydrogen-bond acceptors (Lipinski definition) is 2. The van der Waals surface area contributed by atoms with Gasteiger partial charge in [-0.25, -0.2) is 9.18 Å². The van der Waals surface area contributed by atoms with Crippen LogP contribution in [0.4, 0.5) is 10.1 Å². The van der Waals surface area contributed by atoms with Crippen LogP contribution in [-0.4, -0.2) is 11.1 Å². The third-order valence-electron chi connectivity index (χ3n) is 2.70. The van der Waals surface area contributed by atoms with Crippen LogP contribution in [0.15, 0.2) is 51.4 Å². The second-order valence-corrected chi connectivity index (χ2v) is 5.78. The van der Waals surface area contributed by atoms with Gasteiger partial charge in [0.05, 0.1) is 5.69 Å². The van der Waals surface area contributed by atoms with Crippen molar-refractivity contribution in [3.63, 3.8) is 0 Å². The van der Waals surface area contributed by atoms with Crippen LogP contribution in [-0.2, 0) is 4.79 Å². The molecule has 2 aromatic rings. The fourth-order valence-corrected chi connectivity index (χ4v) is 2.36. The number of rotatable bonds is 4. The quantitative estimate of drug-likeness (QED) is 0.786. The predicted octanol–water partition coefficient (Wildman–Crippen LogP) is 4.59. The maximum Gasteiger partial charge on any atom is 0.330 e. The molecule has 0 saturated carbocycles. The minimum absolute atomic E-state index is 0.152. The SMILES string of the molecule is O=C(O)C(Nc1ccccc1F)c1ccc(Br)c(Br)c1. The number of hydrogen-bond donors (Lipinski definition) is 2. The highest BCUT2D eigenvalue weighted by Gasteiger charge is 2.21. The molecule has 0 aliphatic heterocycles. The van der Waals surface area contributed by atoms with E-state index < -0.39 is 17.8 Å². The van der Waals surface area contributed by atoms with Crippen molar-refractivity contribution in [3.05, 3.63) is 62.8 Å². The van der Waals surface area contributed by atoms with Gasteiger partial charge in [-0.1, -0.05) is 18.2 Å². The molecule has 0 heterocycles. The van der Waals surface area contributed by atoms with Crippen molar-refractivity contribution < 1.29 is 14.3 Å². The van der Waals surface area contributed by atoms with E-state index in [1.165, 1.54) is 12.1 Å². The van der Waals surface area contributed by atoms with E-state index in [9.17, 15) is 14.3 Å². The van der Waals surface area contributed by atoms with Gasteiger partial charge in [0.2, 0.25) is 0 Å². The Morgan fingerprint density at radius 2 is 1.85 bits per heavy atom. The number of para-hydroxylation sites is 1. The molecule has 2 aromatic carbocycles. The molecule has 0 bridgehead atoms. The molecular weight excluding hydrogens is 393 g/mol. The van der Waals surface area contributed by atoms with Gasteiger partial charge in [-0.2, -0.15) is 0 Å². The minimum atomic E-state index is -1.08. The van der Waals surface area contributed by atoms with E-state index in [4.69, 9.17) is 0 Å². The van der Waals surface area contributed by atoms with E-state index in [2.05, 4.69) is 37.2 Å². The van der Waals surface area contributed by atoms with Crippen molar-refractivity contribution in [2.75, 3.05) is 5.32 Å². The van der Waals surface area contributed by atoms with Crippen LogP contribution in [0.3, 0.4) is 0 Å². The van der Waals surface area contributed by atoms with Crippen LogP contribution in [0.2, 0.25) is 0 Å². The lowest BCUT2D eigenvalue weighted by Gasteiger charge is -2.17. The van der Waals surface area contributed by atoms with Crippen molar-refractivity contribution in [1.82, 2.24) is 0 Å². The first-order valence-corrected chi connectivity index (χ1v) is 7.26. The third kappa shape index (κ3) is 3.37. The zero-order valence-corrected chi connectivity index (χ0v) is 13.3. The van der Waals surface area contributed by atoms with Crippen molar-refractivity contribution in [2.45, 2.75) is 6.04 Å². The van der Waals surface area contributed by atoms with Crippen LogP contribution < -0.4 is 5.32 Å². The molecular formula is C14H10Br2FNO2. The number of halogens is 3. The molecule has 1 atom stereocenters. The molecule has 0 radical (unpaired) electrons. The summed E-state index contributed by atoms with van der Waals surface area (Å²) in [6.07, 6.45) is 0. The number of carboxylic acids is 1. The Morgan fingerprint density at radius 3 is 2.45 bits per heavy atom. The molecule has 0 spiro atoms. The number of carboxylic acid groups (broad SMARTS) is 1. The van der Waals surface area contributed by atoms with E-state index >= 15 is 0 Å². The molecule has 3 nitrogen and oxygen atoms in total. The largest absolute Gasteiger partial charge is 0.479 e. The summed E-state index contributed by atoms with van der Waals surface area (Å²) in [4.78, 5) is 11.4. The van der Waals surface area contributed by atoms with Gasteiger partial charge in [0, 0.05) is 8.95 Å². The summed E-state index contributed by atoms with van der Waals surface area (Å²) >= 11 is 6.64. The lowest BCUT2D eigenvalue weighted by molar-refractivity contribution is -0.138. The highest BCUT2D eigenvalue weighted by molar-refractivity contribution is 9.13. The molecule has 0 saturated heterocycles. The number of benzene rings is 2. The van der Waals surface area contributed by atoms with Crippen LogP contribution in [0.1, 0.15) is 11.6 Å². The molecule has 0 fully saturated rings. The lowest BCUT2D eigenvalue weighted by atomic mass is 10.1. The molecule has 0 aromatic heterocycles. The fourth-order valence-electron chi connectivity index (χ4n) is 1.71. The Balaban J connectivity index is 2.34. The van der Waals surface area contributed by atoms with Gasteiger partial charge in [-0.05, 0) is 61.7 Å². The summed E-state index contributed by atoms with van der Waals surface area (Å²) in [6.45, 7) is 0. The monoisotopic (exact) mass is 401 g/mol. The predicted molar refractivity (Wildman–Crippen MR) is 82.2 cm³/mol. The smallest absolute Gasteiger partial charge is 0.330 e. The molecule has 104 valence electrons. The average Bonchev–Trinajstić information content (AvgIpc) is 2.41. The van der Waals surface area contributed by atoms with Crippen molar-refractivity contribution in [2.24, 2.45) is 0 Å². The Bertz CT molecular complexity index is 649. The van der Waals surface area contributed by atoms with Crippen molar-refractivity contribution in [1.29, 1.82) is 0 Å². The first kappa shape index (κ1) is 15.0. The van der Waals surface area contributed by atoms with E-state index in [0.717, 1.165) is 8.95 Å². The van der Waals surface area contributed by atoms with Gasteiger partial charge >= 0.3 is 5.97 Å². The third-order valence-corrected chi connectivity index (χ3v) is 4.58. The molecule has 0 amide bonds. The molecule has 2 rings (SSSR count). The standard InChI is InChI=1S/C14H10Br2FNO2/c15-9-6-5-8(7-10(9)16)13(14(19)20)18-12-4-2-1-3-11(12)17/h1-7,13,18H,(H,19,20). The highest BCUT2D eigenvalue weighted by atomic mass is 79.9. The Morgan fingerprint density at radius 1 is 1.15 bits per heavy atom. The summed E-state index contributed by atoms with van der Waals surface area (Å²) in [5, 5.41) is 12.0. The lowest BCUT2D eigenvalue weighted by Crippen LogP contribution is -2.21. The van der Waals surface area contributed by atoms with Gasteiger partial charge in [0.1, 0.15) is 5.82 Å². The number of anilines is 1. The summed E-state index contributed by atoms with van der Waals surface area (Å²) in [5.41, 5.74) is 0.676. The fraction of sp³-hybridized carbons (Fsp3) is 0.0714. The number of nitrogens with one attached hydrogen (secondary N) is 1. The molecule has 2 N–H and O–H groups in total. The second kappa shape index (κ2) is 6.37. The Labute approximate surface area is 132 Å². The van der Waals surface area contributed by atoms with Gasteiger partial charge in [0.25, 0.3) is 0 Å². The second-order valence-electron chi connectivity index (χ2n) is 4.07. The number of aliphatic carboxylic acids is 1. The van der Waals surface area contributed by atoms with E-state index in [-0.39, 0.29) is 5.69 Å². The van der Waals surface area contributed by atoms with Gasteiger partial charge < -0.3 is 10.4 Å². The molecule has 20 heavy (non-hydrogen) atoms. The summed E-state index contributed by atoms with van der Waals surface area (Å²) < 4.78 is 15.1. The molecule has 1 unspecified atom stereocenters. The zero-order chi connectivity index (χ0) is 14.7. The number of carbonyl (C=O) groups is 1. The first-order valence-electron chi connectivity index (χ1n) is 5.68. The summed E-state index contributed by atoms with van der Waals surface area (Å²) in [5.74, 6) is -1.57. The molecule has 6 heteroatoms. The normalized spacial score (nSPS) is 11.9. The summed E-state index contributed by atoms with van der Waals surface area (Å²) in [6, 6.07) is 10.0. The Kier molecular flexibility index (Phi) is 4.77. The van der Waals surface area contributed by atoms with Gasteiger partial charge in [-0.15, -0.1) is 0 Å². The molecule has 0 aliphatic rings. The first-order chi connectivity index (χ1) is 9.49. The van der Waals surface area contributed by atoms with E-state index in [0.29, 0.717) is 5.56 Å². The van der Waals surface area contributed by atoms with Crippen LogP contribution in [0.5, 0.6) is 0 Å². The highest BCUT2D eigenvalue weighted by Crippen LogP contribution is 2.28. The van der Waals surface area contributed by atoms with Crippen molar-refractivity contribution in [3.8, 4) is 0 Å². The summed E-state index contributed by atoms with van der Waals surface area (Å²) in [7, 11) is 0. The topological polar surface area (TPSA) is 49.3 Å². The molecule has 0 aliphatic carbocycles.